The Morgan fingerprint density at radius 1 is 1.43 bits per heavy atom. The third-order valence-electron chi connectivity index (χ3n) is 1.99. The maximum atomic E-state index is 11.0. The van der Waals surface area contributed by atoms with Crippen LogP contribution in [0.3, 0.4) is 0 Å². The lowest BCUT2D eigenvalue weighted by Crippen LogP contribution is -2.11. The molecule has 3 nitrogen and oxygen atoms in total. The second-order valence-corrected chi connectivity index (χ2v) is 3.08. The van der Waals surface area contributed by atoms with Crippen LogP contribution in [0.2, 0.25) is 0 Å². The molecular weight excluding hydrogens is 176 g/mol. The number of aliphatic imine (C=N–C) groups is 1. The van der Waals surface area contributed by atoms with Gasteiger partial charge in [0.05, 0.1) is 11.3 Å². The van der Waals surface area contributed by atoms with Gasteiger partial charge >= 0.3 is 0 Å². The highest BCUT2D eigenvalue weighted by atomic mass is 16.1. The van der Waals surface area contributed by atoms with E-state index in [1.54, 1.807) is 18.2 Å². The fourth-order valence-electron chi connectivity index (χ4n) is 1.06. The Morgan fingerprint density at radius 2 is 2.07 bits per heavy atom. The molecule has 74 valence electrons. The summed E-state index contributed by atoms with van der Waals surface area (Å²) in [6, 6.07) is 7.10. The molecule has 3 heteroatoms. The summed E-state index contributed by atoms with van der Waals surface area (Å²) in [5.74, 6) is -0.437. The zero-order valence-electron chi connectivity index (χ0n) is 8.45. The van der Waals surface area contributed by atoms with Crippen molar-refractivity contribution in [3.8, 4) is 0 Å². The molecule has 0 bridgehead atoms. The topological polar surface area (TPSA) is 55.4 Å². The highest BCUT2D eigenvalue weighted by Gasteiger charge is 2.05. The van der Waals surface area contributed by atoms with Gasteiger partial charge in [-0.25, -0.2) is 0 Å². The molecule has 1 rings (SSSR count). The van der Waals surface area contributed by atoms with E-state index in [0.29, 0.717) is 11.3 Å². The van der Waals surface area contributed by atoms with Gasteiger partial charge in [-0.2, -0.15) is 0 Å². The predicted molar refractivity (Wildman–Crippen MR) is 58.0 cm³/mol. The van der Waals surface area contributed by atoms with Gasteiger partial charge in [-0.15, -0.1) is 0 Å². The molecule has 0 aromatic heterocycles. The summed E-state index contributed by atoms with van der Waals surface area (Å²) in [6.07, 6.45) is 0.868. The largest absolute Gasteiger partial charge is 0.366 e. The van der Waals surface area contributed by atoms with Gasteiger partial charge in [-0.05, 0) is 25.5 Å². The van der Waals surface area contributed by atoms with Crippen LogP contribution < -0.4 is 5.73 Å². The molecule has 0 aliphatic heterocycles. The summed E-state index contributed by atoms with van der Waals surface area (Å²) in [5.41, 5.74) is 7.33. The average molecular weight is 190 g/mol. The van der Waals surface area contributed by atoms with Crippen LogP contribution in [-0.2, 0) is 0 Å². The van der Waals surface area contributed by atoms with Gasteiger partial charge in [0, 0.05) is 5.71 Å². The number of hydrogen-bond acceptors (Lipinski definition) is 2. The number of nitrogens with zero attached hydrogens (tertiary/aromatic N) is 1. The second kappa shape index (κ2) is 4.56. The van der Waals surface area contributed by atoms with E-state index in [9.17, 15) is 4.79 Å². The first-order valence-corrected chi connectivity index (χ1v) is 4.58. The fraction of sp³-hybridized carbons (Fsp3) is 0.273. The number of carbonyl (C=O) groups excluding carboxylic acids is 1. The lowest BCUT2D eigenvalue weighted by Gasteiger charge is -2.02. The smallest absolute Gasteiger partial charge is 0.250 e. The van der Waals surface area contributed by atoms with Crippen LogP contribution in [0, 0.1) is 0 Å². The van der Waals surface area contributed by atoms with E-state index in [1.807, 2.05) is 19.9 Å². The van der Waals surface area contributed by atoms with Gasteiger partial charge in [0.1, 0.15) is 0 Å². The van der Waals surface area contributed by atoms with Crippen LogP contribution in [0.4, 0.5) is 5.69 Å². The van der Waals surface area contributed by atoms with Crippen molar-refractivity contribution < 1.29 is 4.79 Å². The van der Waals surface area contributed by atoms with E-state index in [-0.39, 0.29) is 0 Å². The first-order chi connectivity index (χ1) is 6.65. The second-order valence-electron chi connectivity index (χ2n) is 3.08. The Balaban J connectivity index is 3.14. The van der Waals surface area contributed by atoms with Crippen molar-refractivity contribution in [1.29, 1.82) is 0 Å². The first-order valence-electron chi connectivity index (χ1n) is 4.58. The lowest BCUT2D eigenvalue weighted by molar-refractivity contribution is 0.100. The number of primary amides is 1. The van der Waals surface area contributed by atoms with Gasteiger partial charge in [-0.3, -0.25) is 9.79 Å². The van der Waals surface area contributed by atoms with Crippen molar-refractivity contribution in [2.45, 2.75) is 20.3 Å². The molecule has 0 radical (unpaired) electrons. The van der Waals surface area contributed by atoms with E-state index in [4.69, 9.17) is 5.73 Å². The van der Waals surface area contributed by atoms with Crippen molar-refractivity contribution >= 4 is 17.3 Å². The predicted octanol–water partition coefficient (Wildman–Crippen LogP) is 2.29. The Bertz CT molecular complexity index is 369. The number of para-hydroxylation sites is 1. The summed E-state index contributed by atoms with van der Waals surface area (Å²) < 4.78 is 0. The molecule has 0 fully saturated rings. The Kier molecular flexibility index (Phi) is 3.40. The first kappa shape index (κ1) is 10.4. The molecule has 0 saturated carbocycles. The average Bonchev–Trinajstić information content (AvgIpc) is 2.18. The van der Waals surface area contributed by atoms with E-state index in [1.165, 1.54) is 0 Å². The standard InChI is InChI=1S/C11H14N2O/c1-3-8(2)13-10-7-5-4-6-9(10)11(12)14/h4-7H,3H2,1-2H3,(H2,12,14). The number of rotatable bonds is 3. The van der Waals surface area contributed by atoms with E-state index in [2.05, 4.69) is 4.99 Å². The summed E-state index contributed by atoms with van der Waals surface area (Å²) in [7, 11) is 0. The van der Waals surface area contributed by atoms with Crippen molar-refractivity contribution in [2.24, 2.45) is 10.7 Å². The summed E-state index contributed by atoms with van der Waals surface area (Å²) in [5, 5.41) is 0. The summed E-state index contributed by atoms with van der Waals surface area (Å²) in [4.78, 5) is 15.4. The zero-order valence-corrected chi connectivity index (χ0v) is 8.45. The molecule has 0 heterocycles. The molecule has 0 saturated heterocycles. The van der Waals surface area contributed by atoms with Gasteiger partial charge in [0.25, 0.3) is 5.91 Å². The number of benzene rings is 1. The monoisotopic (exact) mass is 190 g/mol. The normalized spacial score (nSPS) is 11.4. The van der Waals surface area contributed by atoms with Crippen LogP contribution in [0.1, 0.15) is 30.6 Å². The van der Waals surface area contributed by atoms with Crippen LogP contribution >= 0.6 is 0 Å². The number of carbonyl (C=O) groups is 1. The molecule has 0 spiro atoms. The van der Waals surface area contributed by atoms with Gasteiger partial charge in [0.2, 0.25) is 0 Å². The van der Waals surface area contributed by atoms with E-state index in [0.717, 1.165) is 12.1 Å². The SMILES string of the molecule is CCC(C)=Nc1ccccc1C(N)=O. The Labute approximate surface area is 83.7 Å². The molecule has 0 aliphatic rings. The lowest BCUT2D eigenvalue weighted by atomic mass is 10.1. The molecule has 1 aromatic carbocycles. The van der Waals surface area contributed by atoms with E-state index < -0.39 is 5.91 Å². The van der Waals surface area contributed by atoms with E-state index >= 15 is 0 Å². The van der Waals surface area contributed by atoms with Crippen molar-refractivity contribution in [1.82, 2.24) is 0 Å². The molecule has 1 aromatic rings. The zero-order chi connectivity index (χ0) is 10.6. The number of hydrogen-bond donors (Lipinski definition) is 1. The molecular formula is C11H14N2O. The van der Waals surface area contributed by atoms with Crippen molar-refractivity contribution in [2.75, 3.05) is 0 Å². The third kappa shape index (κ3) is 2.42. The minimum atomic E-state index is -0.437. The van der Waals surface area contributed by atoms with Gasteiger partial charge in [0.15, 0.2) is 0 Å². The van der Waals surface area contributed by atoms with Crippen LogP contribution in [0.25, 0.3) is 0 Å². The highest BCUT2D eigenvalue weighted by Crippen LogP contribution is 2.18. The summed E-state index contributed by atoms with van der Waals surface area (Å²) >= 11 is 0. The maximum Gasteiger partial charge on any atom is 0.250 e. The van der Waals surface area contributed by atoms with Crippen molar-refractivity contribution in [3.05, 3.63) is 29.8 Å². The Hall–Kier alpha value is -1.64. The minimum absolute atomic E-state index is 0.437. The molecule has 14 heavy (non-hydrogen) atoms. The molecule has 0 unspecified atom stereocenters. The molecule has 0 atom stereocenters. The fourth-order valence-corrected chi connectivity index (χ4v) is 1.06. The van der Waals surface area contributed by atoms with Gasteiger partial charge in [-0.1, -0.05) is 19.1 Å². The van der Waals surface area contributed by atoms with Crippen LogP contribution in [0.5, 0.6) is 0 Å². The summed E-state index contributed by atoms with van der Waals surface area (Å²) in [6.45, 7) is 3.95. The van der Waals surface area contributed by atoms with Crippen molar-refractivity contribution in [3.63, 3.8) is 0 Å². The number of nitrogens with two attached hydrogens (primary N) is 1. The molecule has 2 N–H and O–H groups in total. The van der Waals surface area contributed by atoms with Gasteiger partial charge < -0.3 is 5.73 Å². The molecule has 0 aliphatic carbocycles. The van der Waals surface area contributed by atoms with Crippen LogP contribution in [-0.4, -0.2) is 11.6 Å². The van der Waals surface area contributed by atoms with Crippen LogP contribution in [0.15, 0.2) is 29.3 Å². The molecule has 1 amide bonds. The minimum Gasteiger partial charge on any atom is -0.366 e. The third-order valence-corrected chi connectivity index (χ3v) is 1.99. The number of amides is 1. The highest BCUT2D eigenvalue weighted by molar-refractivity contribution is 5.99. The Morgan fingerprint density at radius 3 is 2.64 bits per heavy atom. The maximum absolute atomic E-state index is 11.0. The quantitative estimate of drug-likeness (QED) is 0.730.